The molecule has 0 aliphatic heterocycles. The van der Waals surface area contributed by atoms with Crippen molar-refractivity contribution >= 4 is 5.78 Å². The van der Waals surface area contributed by atoms with E-state index in [0.717, 1.165) is 6.07 Å². The Labute approximate surface area is 152 Å². The highest BCUT2D eigenvalue weighted by Gasteiger charge is 2.37. The van der Waals surface area contributed by atoms with E-state index in [1.165, 1.54) is 35.3 Å². The minimum atomic E-state index is -4.82. The summed E-state index contributed by atoms with van der Waals surface area (Å²) in [5.41, 5.74) is -1.25. The quantitative estimate of drug-likeness (QED) is 0.503. The van der Waals surface area contributed by atoms with Crippen molar-refractivity contribution in [2.24, 2.45) is 0 Å². The number of aromatic nitrogens is 3. The fourth-order valence-corrected chi connectivity index (χ4v) is 2.31. The Kier molecular flexibility index (Phi) is 4.94. The average molecular weight is 371 g/mol. The lowest BCUT2D eigenvalue weighted by atomic mass is 10.1. The third-order valence-electron chi connectivity index (χ3n) is 3.55. The summed E-state index contributed by atoms with van der Waals surface area (Å²) in [6, 6.07) is 10.0. The van der Waals surface area contributed by atoms with Gasteiger partial charge in [0.05, 0.1) is 5.56 Å². The number of halogens is 3. The van der Waals surface area contributed by atoms with E-state index in [1.54, 1.807) is 18.2 Å². The van der Waals surface area contributed by atoms with Gasteiger partial charge >= 0.3 is 6.18 Å². The van der Waals surface area contributed by atoms with Crippen LogP contribution < -0.4 is 4.74 Å². The Balaban J connectivity index is 1.89. The third-order valence-corrected chi connectivity index (χ3v) is 3.55. The second kappa shape index (κ2) is 7.33. The van der Waals surface area contributed by atoms with Crippen molar-refractivity contribution in [1.82, 2.24) is 14.8 Å². The summed E-state index contributed by atoms with van der Waals surface area (Å²) in [6.07, 6.45) is 3.34. The lowest BCUT2D eigenvalue weighted by Gasteiger charge is -2.13. The maximum Gasteiger partial charge on any atom is 0.434 e. The summed E-state index contributed by atoms with van der Waals surface area (Å²) in [5, 5.41) is 3.82. The number of Topliss-reactive ketones (excluding diaryl/α,β-unsaturated/α-hetero) is 1. The molecule has 0 saturated carbocycles. The molecule has 0 unspecified atom stereocenters. The maximum atomic E-state index is 13.4. The number of hydrogen-bond donors (Lipinski definition) is 0. The van der Waals surface area contributed by atoms with Crippen LogP contribution in [0.25, 0.3) is 0 Å². The standard InChI is InChI=1S/C19H12F3N3O2/c1-2-13-4-6-14(7-5-13)27-17-9-8-15(18(24-17)19(20,21)22)16(26)12-25-11-3-10-23-25/h1,3-11H,12H2. The van der Waals surface area contributed by atoms with Crippen LogP contribution in [0.5, 0.6) is 11.6 Å². The summed E-state index contributed by atoms with van der Waals surface area (Å²) in [4.78, 5) is 15.8. The SMILES string of the molecule is C#Cc1ccc(Oc2ccc(C(=O)Cn3cccn3)c(C(F)(F)F)n2)cc1. The lowest BCUT2D eigenvalue weighted by Crippen LogP contribution is -2.19. The van der Waals surface area contributed by atoms with Crippen molar-refractivity contribution in [2.45, 2.75) is 12.7 Å². The Morgan fingerprint density at radius 1 is 1.19 bits per heavy atom. The minimum Gasteiger partial charge on any atom is -0.439 e. The van der Waals surface area contributed by atoms with Gasteiger partial charge < -0.3 is 4.74 Å². The first-order valence-electron chi connectivity index (χ1n) is 7.70. The zero-order valence-electron chi connectivity index (χ0n) is 13.8. The molecule has 0 amide bonds. The Hall–Kier alpha value is -3.60. The average Bonchev–Trinajstić information content (AvgIpc) is 3.14. The van der Waals surface area contributed by atoms with Gasteiger partial charge in [0, 0.05) is 24.0 Å². The Morgan fingerprint density at radius 3 is 2.52 bits per heavy atom. The summed E-state index contributed by atoms with van der Waals surface area (Å²) >= 11 is 0. The van der Waals surface area contributed by atoms with Gasteiger partial charge in [0.1, 0.15) is 12.3 Å². The molecule has 0 aliphatic carbocycles. The molecular weight excluding hydrogens is 359 g/mol. The van der Waals surface area contributed by atoms with Gasteiger partial charge in [-0.2, -0.15) is 18.3 Å². The number of benzene rings is 1. The van der Waals surface area contributed by atoms with Gasteiger partial charge in [0.2, 0.25) is 5.88 Å². The van der Waals surface area contributed by atoms with Crippen LogP contribution in [0.3, 0.4) is 0 Å². The molecule has 27 heavy (non-hydrogen) atoms. The van der Waals surface area contributed by atoms with Crippen molar-refractivity contribution in [2.75, 3.05) is 0 Å². The summed E-state index contributed by atoms with van der Waals surface area (Å²) < 4.78 is 46.8. The van der Waals surface area contributed by atoms with Crippen molar-refractivity contribution in [3.8, 4) is 24.0 Å². The normalized spacial score (nSPS) is 11.0. The molecular formula is C19H12F3N3O2. The van der Waals surface area contributed by atoms with Gasteiger partial charge in [-0.3, -0.25) is 9.48 Å². The third kappa shape index (κ3) is 4.33. The first kappa shape index (κ1) is 18.2. The highest BCUT2D eigenvalue weighted by atomic mass is 19.4. The molecule has 5 nitrogen and oxygen atoms in total. The summed E-state index contributed by atoms with van der Waals surface area (Å²) in [7, 11) is 0. The fourth-order valence-electron chi connectivity index (χ4n) is 2.31. The van der Waals surface area contributed by atoms with E-state index in [0.29, 0.717) is 5.56 Å². The van der Waals surface area contributed by atoms with Crippen LogP contribution in [0.2, 0.25) is 0 Å². The monoisotopic (exact) mass is 371 g/mol. The molecule has 0 spiro atoms. The van der Waals surface area contributed by atoms with E-state index in [9.17, 15) is 18.0 Å². The molecule has 2 aromatic heterocycles. The number of nitrogens with zero attached hydrogens (tertiary/aromatic N) is 3. The predicted octanol–water partition coefficient (Wildman–Crippen LogP) is 3.95. The highest BCUT2D eigenvalue weighted by Crippen LogP contribution is 2.33. The molecule has 0 atom stereocenters. The minimum absolute atomic E-state index is 0.269. The van der Waals surface area contributed by atoms with Gasteiger partial charge in [0.15, 0.2) is 11.5 Å². The number of rotatable bonds is 5. The van der Waals surface area contributed by atoms with Crippen LogP contribution in [-0.2, 0) is 12.7 Å². The zero-order valence-corrected chi connectivity index (χ0v) is 13.8. The van der Waals surface area contributed by atoms with Crippen LogP contribution in [0.15, 0.2) is 54.9 Å². The summed E-state index contributed by atoms with van der Waals surface area (Å²) in [5.74, 6) is 1.64. The van der Waals surface area contributed by atoms with Crippen molar-refractivity contribution in [3.63, 3.8) is 0 Å². The number of ether oxygens (including phenoxy) is 1. The topological polar surface area (TPSA) is 57.0 Å². The van der Waals surface area contributed by atoms with E-state index in [-0.39, 0.29) is 18.2 Å². The van der Waals surface area contributed by atoms with E-state index >= 15 is 0 Å². The van der Waals surface area contributed by atoms with Crippen LogP contribution in [0.4, 0.5) is 13.2 Å². The van der Waals surface area contributed by atoms with E-state index in [1.807, 2.05) is 0 Å². The van der Waals surface area contributed by atoms with Crippen molar-refractivity contribution in [1.29, 1.82) is 0 Å². The van der Waals surface area contributed by atoms with Gasteiger partial charge in [-0.25, -0.2) is 4.98 Å². The van der Waals surface area contributed by atoms with Crippen LogP contribution in [0.1, 0.15) is 21.6 Å². The lowest BCUT2D eigenvalue weighted by molar-refractivity contribution is -0.141. The number of terminal acetylenes is 1. The molecule has 2 heterocycles. The maximum absolute atomic E-state index is 13.4. The molecule has 1 aromatic carbocycles. The number of ketones is 1. The molecule has 0 radical (unpaired) electrons. The van der Waals surface area contributed by atoms with E-state index in [2.05, 4.69) is 16.0 Å². The fraction of sp³-hybridized carbons (Fsp3) is 0.105. The number of carbonyl (C=O) groups excluding carboxylic acids is 1. The Morgan fingerprint density at radius 2 is 1.93 bits per heavy atom. The Bertz CT molecular complexity index is 989. The number of alkyl halides is 3. The molecule has 3 aromatic rings. The van der Waals surface area contributed by atoms with E-state index < -0.39 is 23.2 Å². The van der Waals surface area contributed by atoms with E-state index in [4.69, 9.17) is 11.2 Å². The summed E-state index contributed by atoms with van der Waals surface area (Å²) in [6.45, 7) is -0.328. The van der Waals surface area contributed by atoms with Crippen LogP contribution >= 0.6 is 0 Å². The molecule has 0 N–H and O–H groups in total. The highest BCUT2D eigenvalue weighted by molar-refractivity contribution is 5.97. The zero-order chi connectivity index (χ0) is 19.4. The molecule has 0 bridgehead atoms. The first-order valence-corrected chi connectivity index (χ1v) is 7.70. The second-order valence-electron chi connectivity index (χ2n) is 5.44. The molecule has 136 valence electrons. The number of hydrogen-bond acceptors (Lipinski definition) is 4. The van der Waals surface area contributed by atoms with Crippen LogP contribution in [0, 0.1) is 12.3 Å². The first-order chi connectivity index (χ1) is 12.9. The van der Waals surface area contributed by atoms with Gasteiger partial charge in [-0.1, -0.05) is 5.92 Å². The van der Waals surface area contributed by atoms with Gasteiger partial charge in [-0.05, 0) is 36.4 Å². The molecule has 0 fully saturated rings. The molecule has 0 saturated heterocycles. The van der Waals surface area contributed by atoms with Crippen molar-refractivity contribution < 1.29 is 22.7 Å². The second-order valence-corrected chi connectivity index (χ2v) is 5.44. The van der Waals surface area contributed by atoms with Crippen LogP contribution in [-0.4, -0.2) is 20.5 Å². The van der Waals surface area contributed by atoms with Gasteiger partial charge in [-0.15, -0.1) is 6.42 Å². The molecule has 3 rings (SSSR count). The van der Waals surface area contributed by atoms with Crippen molar-refractivity contribution in [3.05, 3.63) is 71.7 Å². The molecule has 8 heteroatoms. The largest absolute Gasteiger partial charge is 0.439 e. The predicted molar refractivity (Wildman–Crippen MR) is 90.2 cm³/mol. The number of pyridine rings is 1. The smallest absolute Gasteiger partial charge is 0.434 e. The molecule has 0 aliphatic rings. The van der Waals surface area contributed by atoms with Gasteiger partial charge in [0.25, 0.3) is 0 Å². The number of carbonyl (C=O) groups is 1.